The number of carbonyl (C=O) groups excluding carboxylic acids is 1. The Labute approximate surface area is 143 Å². The number of piperidine rings is 1. The topological polar surface area (TPSA) is 74.6 Å². The summed E-state index contributed by atoms with van der Waals surface area (Å²) < 4.78 is 10.6. The summed E-state index contributed by atoms with van der Waals surface area (Å²) in [6, 6.07) is 7.85. The molecule has 1 N–H and O–H groups in total. The number of nitrogens with one attached hydrogen (secondary N) is 1. The van der Waals surface area contributed by atoms with Crippen molar-refractivity contribution >= 4 is 11.6 Å². The average Bonchev–Trinajstić information content (AvgIpc) is 2.60. The molecule has 0 aliphatic carbocycles. The van der Waals surface area contributed by atoms with E-state index in [1.165, 1.54) is 0 Å². The molecule has 1 saturated heterocycles. The lowest BCUT2D eigenvalue weighted by Gasteiger charge is -2.36. The minimum atomic E-state index is -0.985. The molecule has 0 spiro atoms. The molecule has 1 aromatic carbocycles. The van der Waals surface area contributed by atoms with Gasteiger partial charge in [-0.3, -0.25) is 4.79 Å². The molecule has 2 rings (SSSR count). The van der Waals surface area contributed by atoms with Crippen LogP contribution in [0.15, 0.2) is 18.2 Å². The second kappa shape index (κ2) is 7.43. The highest BCUT2D eigenvalue weighted by atomic mass is 16.5. The summed E-state index contributed by atoms with van der Waals surface area (Å²) in [7, 11) is 3.23. The van der Waals surface area contributed by atoms with Crippen molar-refractivity contribution in [2.45, 2.75) is 32.7 Å². The van der Waals surface area contributed by atoms with Gasteiger partial charge < -0.3 is 19.7 Å². The SMILES string of the molecule is COc1cc(N[C@@H]2CCCN(C(=O)C(C)(C)C#N)C2)cc(OC)c1. The van der Waals surface area contributed by atoms with Gasteiger partial charge in [0.15, 0.2) is 0 Å². The Morgan fingerprint density at radius 3 is 2.46 bits per heavy atom. The average molecular weight is 331 g/mol. The fourth-order valence-corrected chi connectivity index (χ4v) is 2.85. The summed E-state index contributed by atoms with van der Waals surface area (Å²) in [6.07, 6.45) is 1.88. The number of nitriles is 1. The molecule has 1 atom stereocenters. The minimum Gasteiger partial charge on any atom is -0.497 e. The van der Waals surface area contributed by atoms with Gasteiger partial charge in [-0.05, 0) is 26.7 Å². The van der Waals surface area contributed by atoms with Gasteiger partial charge in [-0.25, -0.2) is 0 Å². The van der Waals surface area contributed by atoms with Crippen LogP contribution in [0.1, 0.15) is 26.7 Å². The number of anilines is 1. The van der Waals surface area contributed by atoms with Crippen LogP contribution in [0.3, 0.4) is 0 Å². The predicted octanol–water partition coefficient (Wildman–Crippen LogP) is 2.66. The Bertz CT molecular complexity index is 615. The van der Waals surface area contributed by atoms with Crippen LogP contribution in [0.4, 0.5) is 5.69 Å². The zero-order valence-corrected chi connectivity index (χ0v) is 14.8. The van der Waals surface area contributed by atoms with Gasteiger partial charge in [0.1, 0.15) is 16.9 Å². The highest BCUT2D eigenvalue weighted by Crippen LogP contribution is 2.28. The summed E-state index contributed by atoms with van der Waals surface area (Å²) in [5, 5.41) is 12.6. The van der Waals surface area contributed by atoms with Crippen LogP contribution in [0, 0.1) is 16.7 Å². The van der Waals surface area contributed by atoms with Gasteiger partial charge in [0.05, 0.1) is 20.3 Å². The number of ether oxygens (including phenoxy) is 2. The number of rotatable bonds is 5. The van der Waals surface area contributed by atoms with E-state index in [4.69, 9.17) is 9.47 Å². The van der Waals surface area contributed by atoms with E-state index in [2.05, 4.69) is 11.4 Å². The van der Waals surface area contributed by atoms with Crippen LogP contribution in [0.2, 0.25) is 0 Å². The molecule has 130 valence electrons. The third kappa shape index (κ3) is 4.10. The third-order valence-electron chi connectivity index (χ3n) is 4.25. The maximum Gasteiger partial charge on any atom is 0.242 e. The molecule has 1 aromatic rings. The summed E-state index contributed by atoms with van der Waals surface area (Å²) in [6.45, 7) is 4.62. The highest BCUT2D eigenvalue weighted by molar-refractivity contribution is 5.84. The van der Waals surface area contributed by atoms with Crippen molar-refractivity contribution in [3.8, 4) is 17.6 Å². The standard InChI is InChI=1S/C18H25N3O3/c1-18(2,12-19)17(22)21-7-5-6-13(11-21)20-14-8-15(23-3)10-16(9-14)24-4/h8-10,13,20H,5-7,11H2,1-4H3/t13-/m1/s1. The van der Waals surface area contributed by atoms with Gasteiger partial charge in [0.25, 0.3) is 0 Å². The van der Waals surface area contributed by atoms with Crippen LogP contribution in [-0.4, -0.2) is 44.2 Å². The van der Waals surface area contributed by atoms with Crippen molar-refractivity contribution in [1.29, 1.82) is 5.26 Å². The Hall–Kier alpha value is -2.42. The lowest BCUT2D eigenvalue weighted by atomic mass is 9.92. The fourth-order valence-electron chi connectivity index (χ4n) is 2.85. The first kappa shape index (κ1) is 17.9. The molecule has 6 heteroatoms. The first-order valence-electron chi connectivity index (χ1n) is 8.10. The molecule has 0 unspecified atom stereocenters. The van der Waals surface area contributed by atoms with E-state index in [0.717, 1.165) is 18.5 Å². The molecule has 1 amide bonds. The molecule has 6 nitrogen and oxygen atoms in total. The van der Waals surface area contributed by atoms with E-state index in [0.29, 0.717) is 24.6 Å². The van der Waals surface area contributed by atoms with Crippen LogP contribution in [-0.2, 0) is 4.79 Å². The molecule has 1 aliphatic heterocycles. The molecule has 1 heterocycles. The van der Waals surface area contributed by atoms with E-state index in [9.17, 15) is 10.1 Å². The van der Waals surface area contributed by atoms with Gasteiger partial charge in [0.2, 0.25) is 5.91 Å². The molecule has 0 bridgehead atoms. The summed E-state index contributed by atoms with van der Waals surface area (Å²) >= 11 is 0. The smallest absolute Gasteiger partial charge is 0.242 e. The van der Waals surface area contributed by atoms with Crippen molar-refractivity contribution in [2.75, 3.05) is 32.6 Å². The predicted molar refractivity (Wildman–Crippen MR) is 92.2 cm³/mol. The maximum absolute atomic E-state index is 12.5. The quantitative estimate of drug-likeness (QED) is 0.898. The highest BCUT2D eigenvalue weighted by Gasteiger charge is 2.34. The van der Waals surface area contributed by atoms with Crippen molar-refractivity contribution in [3.05, 3.63) is 18.2 Å². The van der Waals surface area contributed by atoms with Gasteiger partial charge in [-0.2, -0.15) is 5.26 Å². The maximum atomic E-state index is 12.5. The zero-order chi connectivity index (χ0) is 17.7. The monoisotopic (exact) mass is 331 g/mol. The number of carbonyl (C=O) groups is 1. The second-order valence-corrected chi connectivity index (χ2v) is 6.57. The van der Waals surface area contributed by atoms with Crippen LogP contribution < -0.4 is 14.8 Å². The Morgan fingerprint density at radius 1 is 1.29 bits per heavy atom. The lowest BCUT2D eigenvalue weighted by Crippen LogP contribution is -2.49. The molecule has 0 aromatic heterocycles. The lowest BCUT2D eigenvalue weighted by molar-refractivity contribution is -0.138. The summed E-state index contributed by atoms with van der Waals surface area (Å²) in [4.78, 5) is 14.3. The Balaban J connectivity index is 2.08. The minimum absolute atomic E-state index is 0.111. The van der Waals surface area contributed by atoms with E-state index in [1.54, 1.807) is 33.0 Å². The van der Waals surface area contributed by atoms with E-state index in [1.807, 2.05) is 18.2 Å². The van der Waals surface area contributed by atoms with Gasteiger partial charge in [0, 0.05) is 43.0 Å². The number of amides is 1. The number of nitrogens with zero attached hydrogens (tertiary/aromatic N) is 2. The molecule has 1 fully saturated rings. The molecule has 24 heavy (non-hydrogen) atoms. The van der Waals surface area contributed by atoms with Gasteiger partial charge in [-0.1, -0.05) is 0 Å². The van der Waals surface area contributed by atoms with Crippen LogP contribution in [0.25, 0.3) is 0 Å². The van der Waals surface area contributed by atoms with Gasteiger partial charge in [-0.15, -0.1) is 0 Å². The molecule has 0 saturated carbocycles. The first-order valence-corrected chi connectivity index (χ1v) is 8.10. The molecule has 0 radical (unpaired) electrons. The first-order chi connectivity index (χ1) is 11.4. The van der Waals surface area contributed by atoms with E-state index >= 15 is 0 Å². The van der Waals surface area contributed by atoms with Crippen molar-refractivity contribution < 1.29 is 14.3 Å². The van der Waals surface area contributed by atoms with Gasteiger partial charge >= 0.3 is 0 Å². The number of likely N-dealkylation sites (tertiary alicyclic amines) is 1. The van der Waals surface area contributed by atoms with Crippen molar-refractivity contribution in [3.63, 3.8) is 0 Å². The summed E-state index contributed by atoms with van der Waals surface area (Å²) in [5.74, 6) is 1.32. The largest absolute Gasteiger partial charge is 0.497 e. The van der Waals surface area contributed by atoms with E-state index < -0.39 is 5.41 Å². The zero-order valence-electron chi connectivity index (χ0n) is 14.8. The number of benzene rings is 1. The fraction of sp³-hybridized carbons (Fsp3) is 0.556. The Kier molecular flexibility index (Phi) is 5.55. The molecule has 1 aliphatic rings. The van der Waals surface area contributed by atoms with Crippen LogP contribution in [0.5, 0.6) is 11.5 Å². The second-order valence-electron chi connectivity index (χ2n) is 6.57. The van der Waals surface area contributed by atoms with Crippen LogP contribution >= 0.6 is 0 Å². The summed E-state index contributed by atoms with van der Waals surface area (Å²) in [5.41, 5.74) is -0.0915. The van der Waals surface area contributed by atoms with E-state index in [-0.39, 0.29) is 11.9 Å². The molecular formula is C18H25N3O3. The Morgan fingerprint density at radius 2 is 1.92 bits per heavy atom. The van der Waals surface area contributed by atoms with Crippen molar-refractivity contribution in [1.82, 2.24) is 4.90 Å². The third-order valence-corrected chi connectivity index (χ3v) is 4.25. The number of hydrogen-bond donors (Lipinski definition) is 1. The van der Waals surface area contributed by atoms with Crippen molar-refractivity contribution in [2.24, 2.45) is 5.41 Å². The normalized spacial score (nSPS) is 17.8. The number of methoxy groups -OCH3 is 2. The molecular weight excluding hydrogens is 306 g/mol. The number of hydrogen-bond acceptors (Lipinski definition) is 5.